The maximum absolute atomic E-state index is 5.67. The molecule has 0 aromatic carbocycles. The third-order valence-electron chi connectivity index (χ3n) is 1.94. The van der Waals surface area contributed by atoms with Crippen molar-refractivity contribution >= 4 is 15.9 Å². The second-order valence-electron chi connectivity index (χ2n) is 3.44. The molecule has 0 unspecified atom stereocenters. The molecule has 3 N–H and O–H groups in total. The molecule has 0 fully saturated rings. The fourth-order valence-corrected chi connectivity index (χ4v) is 1.45. The molecule has 12 heavy (non-hydrogen) atoms. The maximum atomic E-state index is 5.67. The molecule has 0 rings (SSSR count). The van der Waals surface area contributed by atoms with Gasteiger partial charge in [0.15, 0.2) is 0 Å². The molecular formula is C9H22BrNO. The standard InChI is InChI=1S/C9H19BrO.H3N/c1-6-11-9(10,7(2)3)8(4)5;/h7-8H,6H2,1-5H3;1H3. The Balaban J connectivity index is 0. The van der Waals surface area contributed by atoms with E-state index in [0.717, 1.165) is 6.61 Å². The summed E-state index contributed by atoms with van der Waals surface area (Å²) in [6.07, 6.45) is 0. The Bertz CT molecular complexity index is 107. The Morgan fingerprint density at radius 2 is 1.50 bits per heavy atom. The molecule has 2 nitrogen and oxygen atoms in total. The summed E-state index contributed by atoms with van der Waals surface area (Å²) in [5, 5.41) is 0. The van der Waals surface area contributed by atoms with Crippen molar-refractivity contribution in [2.75, 3.05) is 6.61 Å². The van der Waals surface area contributed by atoms with Gasteiger partial charge in [-0.3, -0.25) is 0 Å². The van der Waals surface area contributed by atoms with Crippen LogP contribution in [0.3, 0.4) is 0 Å². The van der Waals surface area contributed by atoms with E-state index in [1.54, 1.807) is 0 Å². The van der Waals surface area contributed by atoms with Crippen LogP contribution in [0.4, 0.5) is 0 Å². The number of alkyl halides is 1. The Hall–Kier alpha value is 0.400. The average molecular weight is 240 g/mol. The molecule has 0 saturated carbocycles. The van der Waals surface area contributed by atoms with Gasteiger partial charge in [-0.2, -0.15) is 0 Å². The van der Waals surface area contributed by atoms with Crippen molar-refractivity contribution in [3.63, 3.8) is 0 Å². The van der Waals surface area contributed by atoms with Gasteiger partial charge < -0.3 is 10.9 Å². The second-order valence-corrected chi connectivity index (χ2v) is 4.68. The van der Waals surface area contributed by atoms with E-state index in [1.165, 1.54) is 0 Å². The van der Waals surface area contributed by atoms with Crippen molar-refractivity contribution in [1.29, 1.82) is 0 Å². The van der Waals surface area contributed by atoms with Crippen LogP contribution in [0.2, 0.25) is 0 Å². The number of halogens is 1. The Labute approximate surface area is 84.8 Å². The van der Waals surface area contributed by atoms with Crippen molar-refractivity contribution in [1.82, 2.24) is 6.15 Å². The fourth-order valence-electron chi connectivity index (χ4n) is 1.22. The molecule has 0 heterocycles. The SMILES string of the molecule is CCOC(Br)(C(C)C)C(C)C.N. The van der Waals surface area contributed by atoms with Crippen LogP contribution < -0.4 is 6.15 Å². The summed E-state index contributed by atoms with van der Waals surface area (Å²) in [6.45, 7) is 11.5. The minimum absolute atomic E-state index is 0. The molecular weight excluding hydrogens is 218 g/mol. The van der Waals surface area contributed by atoms with E-state index in [1.807, 2.05) is 6.92 Å². The van der Waals surface area contributed by atoms with Crippen LogP contribution in [-0.4, -0.2) is 11.1 Å². The lowest BCUT2D eigenvalue weighted by Crippen LogP contribution is -2.37. The van der Waals surface area contributed by atoms with E-state index >= 15 is 0 Å². The lowest BCUT2D eigenvalue weighted by atomic mass is 9.96. The summed E-state index contributed by atoms with van der Waals surface area (Å²) in [5.74, 6) is 1.00. The van der Waals surface area contributed by atoms with Gasteiger partial charge in [-0.05, 0) is 18.8 Å². The summed E-state index contributed by atoms with van der Waals surface area (Å²) >= 11 is 3.65. The Morgan fingerprint density at radius 1 is 1.17 bits per heavy atom. The van der Waals surface area contributed by atoms with Gasteiger partial charge in [0.05, 0.1) is 0 Å². The minimum atomic E-state index is -0.137. The molecule has 0 radical (unpaired) electrons. The average Bonchev–Trinajstić information content (AvgIpc) is 1.87. The van der Waals surface area contributed by atoms with Crippen molar-refractivity contribution in [2.24, 2.45) is 11.8 Å². The second kappa shape index (κ2) is 5.95. The highest BCUT2D eigenvalue weighted by molar-refractivity contribution is 9.10. The molecule has 3 heteroatoms. The first-order chi connectivity index (χ1) is 4.95. The summed E-state index contributed by atoms with van der Waals surface area (Å²) in [6, 6.07) is 0. The van der Waals surface area contributed by atoms with Gasteiger partial charge in [0.25, 0.3) is 0 Å². The van der Waals surface area contributed by atoms with Crippen molar-refractivity contribution in [3.8, 4) is 0 Å². The van der Waals surface area contributed by atoms with Crippen LogP contribution in [0, 0.1) is 11.8 Å². The molecule has 0 bridgehead atoms. The highest BCUT2D eigenvalue weighted by atomic mass is 79.9. The van der Waals surface area contributed by atoms with Crippen molar-refractivity contribution < 1.29 is 4.74 Å². The number of hydrogen-bond donors (Lipinski definition) is 1. The highest BCUT2D eigenvalue weighted by Crippen LogP contribution is 2.36. The van der Waals surface area contributed by atoms with Gasteiger partial charge in [-0.15, -0.1) is 0 Å². The molecule has 0 aromatic rings. The molecule has 0 saturated heterocycles. The van der Waals surface area contributed by atoms with Crippen molar-refractivity contribution in [3.05, 3.63) is 0 Å². The number of rotatable bonds is 4. The summed E-state index contributed by atoms with van der Waals surface area (Å²) in [5.41, 5.74) is 0. The zero-order valence-corrected chi connectivity index (χ0v) is 10.4. The Morgan fingerprint density at radius 3 is 1.58 bits per heavy atom. The van der Waals surface area contributed by atoms with E-state index in [-0.39, 0.29) is 10.7 Å². The first-order valence-corrected chi connectivity index (χ1v) is 5.07. The topological polar surface area (TPSA) is 44.2 Å². The first kappa shape index (κ1) is 14.9. The minimum Gasteiger partial charge on any atom is -0.364 e. The zero-order valence-electron chi connectivity index (χ0n) is 8.86. The smallest absolute Gasteiger partial charge is 0.127 e. The lowest BCUT2D eigenvalue weighted by molar-refractivity contribution is -0.0250. The zero-order chi connectivity index (χ0) is 9.07. The molecule has 0 spiro atoms. The fraction of sp³-hybridized carbons (Fsp3) is 1.00. The largest absolute Gasteiger partial charge is 0.364 e. The number of hydrogen-bond acceptors (Lipinski definition) is 2. The van der Waals surface area contributed by atoms with E-state index < -0.39 is 0 Å². The van der Waals surface area contributed by atoms with E-state index in [0.29, 0.717) is 11.8 Å². The molecule has 76 valence electrons. The number of ether oxygens (including phenoxy) is 1. The quantitative estimate of drug-likeness (QED) is 0.763. The normalized spacial score (nSPS) is 12.0. The van der Waals surface area contributed by atoms with Crippen LogP contribution in [0.5, 0.6) is 0 Å². The van der Waals surface area contributed by atoms with Crippen LogP contribution in [0.25, 0.3) is 0 Å². The molecule has 0 aliphatic heterocycles. The van der Waals surface area contributed by atoms with Crippen LogP contribution in [-0.2, 0) is 4.74 Å². The highest BCUT2D eigenvalue weighted by Gasteiger charge is 2.34. The first-order valence-electron chi connectivity index (χ1n) is 4.28. The van der Waals surface area contributed by atoms with Gasteiger partial charge in [0.1, 0.15) is 4.51 Å². The van der Waals surface area contributed by atoms with E-state index in [9.17, 15) is 0 Å². The molecule has 0 aliphatic carbocycles. The molecule has 0 aliphatic rings. The summed E-state index contributed by atoms with van der Waals surface area (Å²) in [4.78, 5) is 0. The molecule has 0 aromatic heterocycles. The van der Waals surface area contributed by atoms with Crippen LogP contribution in [0.1, 0.15) is 34.6 Å². The van der Waals surface area contributed by atoms with E-state index in [4.69, 9.17) is 4.74 Å². The summed E-state index contributed by atoms with van der Waals surface area (Å²) < 4.78 is 5.53. The van der Waals surface area contributed by atoms with Crippen molar-refractivity contribution in [2.45, 2.75) is 39.1 Å². The summed E-state index contributed by atoms with van der Waals surface area (Å²) in [7, 11) is 0. The third-order valence-corrected chi connectivity index (χ3v) is 4.00. The van der Waals surface area contributed by atoms with E-state index in [2.05, 4.69) is 43.6 Å². The van der Waals surface area contributed by atoms with Gasteiger partial charge in [-0.1, -0.05) is 43.6 Å². The molecule has 0 atom stereocenters. The maximum Gasteiger partial charge on any atom is 0.127 e. The predicted octanol–water partition coefficient (Wildman–Crippen LogP) is 3.59. The van der Waals surface area contributed by atoms with Gasteiger partial charge in [-0.25, -0.2) is 0 Å². The van der Waals surface area contributed by atoms with Gasteiger partial charge in [0.2, 0.25) is 0 Å². The van der Waals surface area contributed by atoms with Crippen LogP contribution in [0.15, 0.2) is 0 Å². The van der Waals surface area contributed by atoms with Gasteiger partial charge >= 0.3 is 0 Å². The third kappa shape index (κ3) is 3.42. The lowest BCUT2D eigenvalue weighted by Gasteiger charge is -2.35. The predicted molar refractivity (Wildman–Crippen MR) is 58.0 cm³/mol. The monoisotopic (exact) mass is 239 g/mol. The Kier molecular flexibility index (Phi) is 7.38. The van der Waals surface area contributed by atoms with Gasteiger partial charge in [0, 0.05) is 6.61 Å². The van der Waals surface area contributed by atoms with Crippen LogP contribution >= 0.6 is 15.9 Å². The molecule has 0 amide bonds.